The standard InChI is InChI=1S/C58H43N4O2.Pt/c1-58(2)29-27-35(28-30-58)37-25-26-48(45(32-37)36-13-4-3-5-14-36)61-49-22-12-19-40(53(49)60-57(61)42-17-6-8-23-51(42)63)38-15-10-16-39(31-38)47-33-50-46(34-59-47)41-20-11-21-44-54(41)62(50)55-43-18-7-9-24-52(43)64-56(44)55;/h3-26,32-35,63H,27-30H2,1-2H3;/q-1;. The van der Waals surface area contributed by atoms with Crippen LogP contribution in [-0.2, 0) is 21.1 Å². The van der Waals surface area contributed by atoms with E-state index < -0.39 is 0 Å². The molecule has 65 heavy (non-hydrogen) atoms. The van der Waals surface area contributed by atoms with Gasteiger partial charge in [-0.05, 0) is 103 Å². The Hall–Kier alpha value is -7.01. The van der Waals surface area contributed by atoms with Crippen LogP contribution in [0.5, 0.6) is 5.75 Å². The average Bonchev–Trinajstić information content (AvgIpc) is 4.08. The minimum Gasteiger partial charge on any atom is -0.507 e. The summed E-state index contributed by atoms with van der Waals surface area (Å²) in [5.41, 5.74) is 16.2. The number of aromatic hydroxyl groups is 1. The molecule has 1 fully saturated rings. The van der Waals surface area contributed by atoms with Crippen molar-refractivity contribution in [3.8, 4) is 56.3 Å². The Balaban J connectivity index is 0.00000444. The second-order valence-electron chi connectivity index (χ2n) is 18.4. The van der Waals surface area contributed by atoms with E-state index in [1.807, 2.05) is 36.5 Å². The second-order valence-corrected chi connectivity index (χ2v) is 18.4. The minimum atomic E-state index is 0. The first-order valence-corrected chi connectivity index (χ1v) is 22.4. The van der Waals surface area contributed by atoms with E-state index in [9.17, 15) is 5.11 Å². The van der Waals surface area contributed by atoms with Crippen molar-refractivity contribution in [1.29, 1.82) is 0 Å². The second kappa shape index (κ2) is 15.0. The van der Waals surface area contributed by atoms with Crippen LogP contribution in [-0.4, -0.2) is 24.0 Å². The number of para-hydroxylation sites is 4. The molecule has 0 amide bonds. The first-order valence-electron chi connectivity index (χ1n) is 22.4. The number of phenolic OH excluding ortho intramolecular Hbond substituents is 1. The van der Waals surface area contributed by atoms with E-state index in [4.69, 9.17) is 14.4 Å². The van der Waals surface area contributed by atoms with Gasteiger partial charge in [-0.3, -0.25) is 9.55 Å². The van der Waals surface area contributed by atoms with Gasteiger partial charge in [0.15, 0.2) is 5.58 Å². The van der Waals surface area contributed by atoms with E-state index in [-0.39, 0.29) is 26.8 Å². The molecule has 1 aliphatic carbocycles. The number of phenols is 1. The number of pyridine rings is 1. The number of hydrogen-bond donors (Lipinski definition) is 1. The number of benzene rings is 7. The van der Waals surface area contributed by atoms with Crippen LogP contribution in [0, 0.1) is 11.5 Å². The van der Waals surface area contributed by atoms with Crippen LogP contribution < -0.4 is 0 Å². The maximum atomic E-state index is 11.4. The van der Waals surface area contributed by atoms with Gasteiger partial charge in [0.25, 0.3) is 0 Å². The van der Waals surface area contributed by atoms with Gasteiger partial charge in [0.1, 0.15) is 22.7 Å². The van der Waals surface area contributed by atoms with Crippen molar-refractivity contribution in [2.24, 2.45) is 5.41 Å². The molecule has 0 aliphatic heterocycles. The van der Waals surface area contributed by atoms with Crippen molar-refractivity contribution in [1.82, 2.24) is 18.9 Å². The summed E-state index contributed by atoms with van der Waals surface area (Å²) < 4.78 is 11.1. The molecule has 7 heteroatoms. The van der Waals surface area contributed by atoms with Crippen LogP contribution in [0.15, 0.2) is 168 Å². The quantitative estimate of drug-likeness (QED) is 0.169. The smallest absolute Gasteiger partial charge is 0.161 e. The number of fused-ring (bicyclic) bond motifs is 9. The van der Waals surface area contributed by atoms with Gasteiger partial charge in [-0.2, -0.15) is 0 Å². The molecule has 7 aromatic carbocycles. The van der Waals surface area contributed by atoms with E-state index in [0.29, 0.717) is 22.7 Å². The van der Waals surface area contributed by atoms with Crippen molar-refractivity contribution in [3.63, 3.8) is 0 Å². The van der Waals surface area contributed by atoms with E-state index >= 15 is 0 Å². The Morgan fingerprint density at radius 3 is 2.23 bits per heavy atom. The summed E-state index contributed by atoms with van der Waals surface area (Å²) in [7, 11) is 0. The Bertz CT molecular complexity index is 3790. The van der Waals surface area contributed by atoms with Crippen LogP contribution in [0.2, 0.25) is 0 Å². The summed E-state index contributed by atoms with van der Waals surface area (Å²) in [5, 5.41) is 15.9. The summed E-state index contributed by atoms with van der Waals surface area (Å²) in [6.45, 7) is 4.80. The number of nitrogens with zero attached hydrogens (tertiary/aromatic N) is 4. The molecule has 5 heterocycles. The number of hydrogen-bond acceptors (Lipinski definition) is 4. The van der Waals surface area contributed by atoms with Crippen molar-refractivity contribution in [2.45, 2.75) is 45.4 Å². The van der Waals surface area contributed by atoms with Crippen LogP contribution in [0.3, 0.4) is 0 Å². The molecule has 6 nitrogen and oxygen atoms in total. The zero-order valence-electron chi connectivity index (χ0n) is 36.0. The first kappa shape index (κ1) is 39.6. The van der Waals surface area contributed by atoms with Crippen molar-refractivity contribution < 1.29 is 30.6 Å². The molecule has 13 rings (SSSR count). The summed E-state index contributed by atoms with van der Waals surface area (Å²) in [5.74, 6) is 1.38. The molecule has 0 spiro atoms. The van der Waals surface area contributed by atoms with E-state index in [0.717, 1.165) is 99.5 Å². The predicted molar refractivity (Wildman–Crippen MR) is 261 cm³/mol. The first-order chi connectivity index (χ1) is 31.4. The predicted octanol–water partition coefficient (Wildman–Crippen LogP) is 15.2. The molecule has 318 valence electrons. The fourth-order valence-electron chi connectivity index (χ4n) is 10.7. The molecule has 1 saturated carbocycles. The van der Waals surface area contributed by atoms with E-state index in [2.05, 4.69) is 150 Å². The third-order valence-corrected chi connectivity index (χ3v) is 14.1. The minimum absolute atomic E-state index is 0. The molecule has 0 atom stereocenters. The monoisotopic (exact) mass is 1020 g/mol. The largest absolute Gasteiger partial charge is 0.507 e. The van der Waals surface area contributed by atoms with Crippen LogP contribution in [0.4, 0.5) is 0 Å². The van der Waals surface area contributed by atoms with Gasteiger partial charge in [-0.25, -0.2) is 4.98 Å². The summed E-state index contributed by atoms with van der Waals surface area (Å²) in [4.78, 5) is 10.5. The number of aromatic nitrogens is 4. The average molecular weight is 1020 g/mol. The third-order valence-electron chi connectivity index (χ3n) is 14.1. The van der Waals surface area contributed by atoms with Crippen molar-refractivity contribution in [2.75, 3.05) is 0 Å². The molecule has 1 N–H and O–H groups in total. The van der Waals surface area contributed by atoms with Gasteiger partial charge in [0, 0.05) is 60.1 Å². The van der Waals surface area contributed by atoms with Gasteiger partial charge < -0.3 is 13.9 Å². The maximum Gasteiger partial charge on any atom is 0.161 e. The third kappa shape index (κ3) is 6.18. The van der Waals surface area contributed by atoms with Gasteiger partial charge in [0.05, 0.1) is 33.3 Å². The number of rotatable bonds is 6. The van der Waals surface area contributed by atoms with Gasteiger partial charge in [-0.15, -0.1) is 29.8 Å². The summed E-state index contributed by atoms with van der Waals surface area (Å²) in [6.07, 6.45) is 6.83. The number of furan rings is 1. The van der Waals surface area contributed by atoms with Gasteiger partial charge in [-0.1, -0.05) is 110 Å². The van der Waals surface area contributed by atoms with Crippen LogP contribution in [0.25, 0.3) is 111 Å². The zero-order chi connectivity index (χ0) is 42.7. The molecule has 0 bridgehead atoms. The molecule has 0 saturated heterocycles. The summed E-state index contributed by atoms with van der Waals surface area (Å²) >= 11 is 0. The molecule has 1 aliphatic rings. The van der Waals surface area contributed by atoms with Crippen LogP contribution >= 0.6 is 0 Å². The topological polar surface area (TPSA) is 68.5 Å². The molecule has 5 aromatic heterocycles. The Morgan fingerprint density at radius 2 is 1.37 bits per heavy atom. The molecular formula is C58H43N4O2Pt-. The van der Waals surface area contributed by atoms with Crippen LogP contribution in [0.1, 0.15) is 51.0 Å². The van der Waals surface area contributed by atoms with Crippen molar-refractivity contribution >= 4 is 60.3 Å². The fourth-order valence-corrected chi connectivity index (χ4v) is 10.7. The Kier molecular flexibility index (Phi) is 9.16. The SMILES string of the molecule is CC1(C)CCC(c2ccc(-n3c(-c4ccccc4O)nc4c(-c5[c-]c(-c6cc7c(cn6)c6cccc8c9oc%10ccccc%10c9n7c68)ccc5)cccc43)c(-c3ccccc3)c2)CC1.[Pt]. The zero-order valence-corrected chi connectivity index (χ0v) is 38.2. The Labute approximate surface area is 390 Å². The molecule has 0 radical (unpaired) electrons. The normalized spacial score (nSPS) is 14.4. The molecule has 12 aromatic rings. The Morgan fingerprint density at radius 1 is 0.646 bits per heavy atom. The summed E-state index contributed by atoms with van der Waals surface area (Å²) in [6, 6.07) is 58.5. The van der Waals surface area contributed by atoms with Gasteiger partial charge in [0.2, 0.25) is 0 Å². The number of imidazole rings is 1. The fraction of sp³-hybridized carbons (Fsp3) is 0.138. The maximum absolute atomic E-state index is 11.4. The molecular weight excluding hydrogens is 980 g/mol. The van der Waals surface area contributed by atoms with E-state index in [1.54, 1.807) is 6.07 Å². The van der Waals surface area contributed by atoms with E-state index in [1.165, 1.54) is 31.2 Å². The molecule has 0 unspecified atom stereocenters. The van der Waals surface area contributed by atoms with Crippen molar-refractivity contribution in [3.05, 3.63) is 176 Å². The van der Waals surface area contributed by atoms with Gasteiger partial charge >= 0.3 is 0 Å².